The molecule has 0 spiro atoms. The van der Waals surface area contributed by atoms with Crippen LogP contribution in [-0.2, 0) is 0 Å². The Bertz CT molecular complexity index is 555. The van der Waals surface area contributed by atoms with E-state index in [4.69, 9.17) is 22.1 Å². The van der Waals surface area contributed by atoms with E-state index in [2.05, 4.69) is 9.97 Å². The van der Waals surface area contributed by atoms with Crippen LogP contribution in [0.3, 0.4) is 0 Å². The second-order valence-electron chi connectivity index (χ2n) is 2.81. The molecule has 17 heavy (non-hydrogen) atoms. The third-order valence-corrected chi connectivity index (χ3v) is 1.97. The molecule has 0 aliphatic rings. The Morgan fingerprint density at radius 1 is 1.06 bits per heavy atom. The number of pyridine rings is 2. The largest absolute Gasteiger partial charge is 0.263 e. The Balaban J connectivity index is 0.000000171. The first kappa shape index (κ1) is 12.6. The van der Waals surface area contributed by atoms with Crippen molar-refractivity contribution in [1.29, 1.82) is 10.5 Å². The summed E-state index contributed by atoms with van der Waals surface area (Å²) in [6.45, 7) is 0. The summed E-state index contributed by atoms with van der Waals surface area (Å²) in [5.41, 5.74) is 1.02. The van der Waals surface area contributed by atoms with Gasteiger partial charge < -0.3 is 0 Å². The third kappa shape index (κ3) is 4.29. The minimum atomic E-state index is 0.264. The molecule has 2 aromatic heterocycles. The summed E-state index contributed by atoms with van der Waals surface area (Å²) in [5.74, 6) is 0. The lowest BCUT2D eigenvalue weighted by Crippen LogP contribution is -1.77. The minimum Gasteiger partial charge on any atom is -0.263 e. The van der Waals surface area contributed by atoms with E-state index in [0.717, 1.165) is 0 Å². The molecular weight excluding hydrogens is 236 g/mol. The van der Waals surface area contributed by atoms with Crippen LogP contribution in [0.15, 0.2) is 42.9 Å². The summed E-state index contributed by atoms with van der Waals surface area (Å²) < 4.78 is 0. The maximum absolute atomic E-state index is 8.34. The normalized spacial score (nSPS) is 8.18. The molecule has 0 aliphatic heterocycles. The van der Waals surface area contributed by atoms with Gasteiger partial charge in [0.05, 0.1) is 11.1 Å². The van der Waals surface area contributed by atoms with Gasteiger partial charge in [-0.05, 0) is 24.3 Å². The highest BCUT2D eigenvalue weighted by Gasteiger charge is 1.94. The number of hydrogen-bond donors (Lipinski definition) is 0. The molecule has 5 heteroatoms. The zero-order valence-corrected chi connectivity index (χ0v) is 9.46. The van der Waals surface area contributed by atoms with Gasteiger partial charge in [-0.15, -0.1) is 0 Å². The molecular formula is C12H7ClN4. The van der Waals surface area contributed by atoms with Gasteiger partial charge in [-0.1, -0.05) is 11.6 Å². The molecule has 2 heterocycles. The lowest BCUT2D eigenvalue weighted by molar-refractivity contribution is 1.30. The zero-order chi connectivity index (χ0) is 12.5. The molecule has 0 saturated heterocycles. The van der Waals surface area contributed by atoms with Gasteiger partial charge in [0, 0.05) is 18.6 Å². The van der Waals surface area contributed by atoms with Gasteiger partial charge in [0.15, 0.2) is 0 Å². The Morgan fingerprint density at radius 3 is 2.24 bits per heavy atom. The molecule has 0 bridgehead atoms. The fourth-order valence-corrected chi connectivity index (χ4v) is 1.06. The fraction of sp³-hybridized carbons (Fsp3) is 0. The minimum absolute atomic E-state index is 0.264. The van der Waals surface area contributed by atoms with Crippen molar-refractivity contribution in [2.45, 2.75) is 0 Å². The van der Waals surface area contributed by atoms with Gasteiger partial charge in [0.25, 0.3) is 0 Å². The van der Waals surface area contributed by atoms with Crippen molar-refractivity contribution in [2.24, 2.45) is 0 Å². The Labute approximate surface area is 104 Å². The first-order valence-electron chi connectivity index (χ1n) is 4.58. The van der Waals surface area contributed by atoms with E-state index in [-0.39, 0.29) is 5.15 Å². The van der Waals surface area contributed by atoms with Crippen molar-refractivity contribution in [3.63, 3.8) is 0 Å². The molecule has 0 aliphatic carbocycles. The smallest absolute Gasteiger partial charge is 0.146 e. The molecule has 82 valence electrons. The van der Waals surface area contributed by atoms with Crippen LogP contribution < -0.4 is 0 Å². The number of halogens is 1. The maximum Gasteiger partial charge on any atom is 0.146 e. The Hall–Kier alpha value is -2.43. The number of hydrogen-bond acceptors (Lipinski definition) is 4. The Morgan fingerprint density at radius 2 is 1.82 bits per heavy atom. The molecule has 0 N–H and O–H groups in total. The van der Waals surface area contributed by atoms with Crippen molar-refractivity contribution in [1.82, 2.24) is 9.97 Å². The number of nitriles is 2. The van der Waals surface area contributed by atoms with E-state index in [9.17, 15) is 0 Å². The molecule has 2 aromatic rings. The summed E-state index contributed by atoms with van der Waals surface area (Å²) in [5, 5.41) is 16.9. The van der Waals surface area contributed by atoms with Crippen molar-refractivity contribution >= 4 is 11.6 Å². The van der Waals surface area contributed by atoms with Crippen LogP contribution >= 0.6 is 11.6 Å². The van der Waals surface area contributed by atoms with Crippen molar-refractivity contribution in [2.75, 3.05) is 0 Å². The molecule has 0 saturated carbocycles. The van der Waals surface area contributed by atoms with Crippen LogP contribution in [0.1, 0.15) is 11.1 Å². The molecule has 0 aromatic carbocycles. The first-order chi connectivity index (χ1) is 8.27. The van der Waals surface area contributed by atoms with Crippen LogP contribution in [0.4, 0.5) is 0 Å². The van der Waals surface area contributed by atoms with E-state index >= 15 is 0 Å². The quantitative estimate of drug-likeness (QED) is 0.666. The molecule has 0 radical (unpaired) electrons. The van der Waals surface area contributed by atoms with Crippen LogP contribution in [0.2, 0.25) is 5.15 Å². The topological polar surface area (TPSA) is 73.4 Å². The maximum atomic E-state index is 8.34. The van der Waals surface area contributed by atoms with Gasteiger partial charge in [-0.3, -0.25) is 4.98 Å². The predicted molar refractivity (Wildman–Crippen MR) is 62.9 cm³/mol. The second kappa shape index (κ2) is 6.95. The highest BCUT2D eigenvalue weighted by Crippen LogP contribution is 2.08. The van der Waals surface area contributed by atoms with E-state index in [1.54, 1.807) is 36.7 Å². The predicted octanol–water partition coefficient (Wildman–Crippen LogP) is 2.56. The molecule has 0 fully saturated rings. The lowest BCUT2D eigenvalue weighted by atomic mass is 10.3. The first-order valence-corrected chi connectivity index (χ1v) is 4.96. The molecule has 0 amide bonds. The van der Waals surface area contributed by atoms with E-state index < -0.39 is 0 Å². The standard InChI is InChI=1S/C6H3ClN2.C6H4N2/c7-6-5(4-8)2-1-3-9-6;7-4-6-2-1-3-8-5-6/h1-3H;1-3,5H. The molecule has 2 rings (SSSR count). The van der Waals surface area contributed by atoms with E-state index in [1.165, 1.54) is 6.20 Å². The number of rotatable bonds is 0. The Kier molecular flexibility index (Phi) is 5.16. The lowest BCUT2D eigenvalue weighted by Gasteiger charge is -1.87. The average Bonchev–Trinajstić information content (AvgIpc) is 2.41. The van der Waals surface area contributed by atoms with Crippen molar-refractivity contribution in [3.05, 3.63) is 59.1 Å². The van der Waals surface area contributed by atoms with Crippen LogP contribution in [0.25, 0.3) is 0 Å². The van der Waals surface area contributed by atoms with Crippen LogP contribution in [0.5, 0.6) is 0 Å². The second-order valence-corrected chi connectivity index (χ2v) is 3.17. The van der Waals surface area contributed by atoms with E-state index in [1.807, 2.05) is 12.1 Å². The molecule has 4 nitrogen and oxygen atoms in total. The fourth-order valence-electron chi connectivity index (χ4n) is 0.898. The summed E-state index contributed by atoms with van der Waals surface area (Å²) in [6, 6.07) is 10.6. The summed E-state index contributed by atoms with van der Waals surface area (Å²) in [4.78, 5) is 7.43. The van der Waals surface area contributed by atoms with Crippen molar-refractivity contribution < 1.29 is 0 Å². The van der Waals surface area contributed by atoms with Gasteiger partial charge in [0.2, 0.25) is 0 Å². The third-order valence-electron chi connectivity index (χ3n) is 1.67. The van der Waals surface area contributed by atoms with Gasteiger partial charge in [-0.2, -0.15) is 10.5 Å². The van der Waals surface area contributed by atoms with Crippen LogP contribution in [-0.4, -0.2) is 9.97 Å². The molecule has 0 atom stereocenters. The summed E-state index contributed by atoms with van der Waals surface area (Å²) in [7, 11) is 0. The highest BCUT2D eigenvalue weighted by atomic mass is 35.5. The van der Waals surface area contributed by atoms with Crippen molar-refractivity contribution in [3.8, 4) is 12.1 Å². The average molecular weight is 243 g/mol. The van der Waals surface area contributed by atoms with E-state index in [0.29, 0.717) is 11.1 Å². The van der Waals surface area contributed by atoms with Gasteiger partial charge >= 0.3 is 0 Å². The zero-order valence-electron chi connectivity index (χ0n) is 8.71. The SMILES string of the molecule is N#Cc1cccnc1.N#Cc1cccnc1Cl. The highest BCUT2D eigenvalue weighted by molar-refractivity contribution is 6.30. The number of nitrogens with zero attached hydrogens (tertiary/aromatic N) is 4. The van der Waals surface area contributed by atoms with Gasteiger partial charge in [-0.25, -0.2) is 4.98 Å². The summed E-state index contributed by atoms with van der Waals surface area (Å²) >= 11 is 5.49. The van der Waals surface area contributed by atoms with Gasteiger partial charge in [0.1, 0.15) is 17.3 Å². The monoisotopic (exact) mass is 242 g/mol. The summed E-state index contributed by atoms with van der Waals surface area (Å²) in [6.07, 6.45) is 4.71. The molecule has 0 unspecified atom stereocenters. The van der Waals surface area contributed by atoms with Crippen LogP contribution in [0, 0.1) is 22.7 Å². The number of aromatic nitrogens is 2.